The van der Waals surface area contributed by atoms with Gasteiger partial charge < -0.3 is 14.8 Å². The van der Waals surface area contributed by atoms with Crippen LogP contribution in [0.5, 0.6) is 5.75 Å². The van der Waals surface area contributed by atoms with Gasteiger partial charge in [-0.3, -0.25) is 9.69 Å². The predicted molar refractivity (Wildman–Crippen MR) is 111 cm³/mol. The molecule has 30 heavy (non-hydrogen) atoms. The molecule has 1 fully saturated rings. The molecule has 8 heteroatoms. The van der Waals surface area contributed by atoms with Crippen LogP contribution in [0.4, 0.5) is 0 Å². The Morgan fingerprint density at radius 1 is 1.20 bits per heavy atom. The van der Waals surface area contributed by atoms with Gasteiger partial charge in [0, 0.05) is 38.9 Å². The van der Waals surface area contributed by atoms with E-state index >= 15 is 0 Å². The van der Waals surface area contributed by atoms with Crippen LogP contribution < -0.4 is 10.1 Å². The molecule has 0 saturated carbocycles. The Labute approximate surface area is 175 Å². The molecule has 0 unspecified atom stereocenters. The number of methoxy groups -OCH3 is 1. The Balaban J connectivity index is 1.29. The summed E-state index contributed by atoms with van der Waals surface area (Å²) < 4.78 is 16.0. The standard InChI is InChI=1S/C22H26N4O4/c1-28-13-10-23-22(27)16-4-2-6-19(14-16)29-18-8-11-26(12-9-18)15-17-5-3-7-20-21(17)25-30-24-20/h2-7,14,18H,8-13,15H2,1H3,(H,23,27). The van der Waals surface area contributed by atoms with Gasteiger partial charge in [-0.15, -0.1) is 0 Å². The molecule has 4 rings (SSSR count). The van der Waals surface area contributed by atoms with E-state index in [2.05, 4.69) is 26.6 Å². The lowest BCUT2D eigenvalue weighted by Gasteiger charge is -2.32. The van der Waals surface area contributed by atoms with Crippen LogP contribution in [-0.2, 0) is 11.3 Å². The number of hydrogen-bond donors (Lipinski definition) is 1. The van der Waals surface area contributed by atoms with Crippen LogP contribution in [0, 0.1) is 0 Å². The summed E-state index contributed by atoms with van der Waals surface area (Å²) in [6.45, 7) is 3.65. The minimum Gasteiger partial charge on any atom is -0.490 e. The molecule has 1 aromatic heterocycles. The van der Waals surface area contributed by atoms with Gasteiger partial charge in [0.15, 0.2) is 0 Å². The Hall–Kier alpha value is -2.97. The maximum absolute atomic E-state index is 12.2. The summed E-state index contributed by atoms with van der Waals surface area (Å²) in [7, 11) is 1.61. The smallest absolute Gasteiger partial charge is 0.251 e. The Morgan fingerprint density at radius 3 is 2.87 bits per heavy atom. The van der Waals surface area contributed by atoms with Crippen LogP contribution in [0.3, 0.4) is 0 Å². The maximum atomic E-state index is 12.2. The molecule has 1 N–H and O–H groups in total. The van der Waals surface area contributed by atoms with Crippen LogP contribution in [0.25, 0.3) is 11.0 Å². The zero-order chi connectivity index (χ0) is 20.8. The number of amides is 1. The summed E-state index contributed by atoms with van der Waals surface area (Å²) in [5, 5.41) is 10.8. The first kappa shape index (κ1) is 20.3. The number of aromatic nitrogens is 2. The number of fused-ring (bicyclic) bond motifs is 1. The topological polar surface area (TPSA) is 89.7 Å². The van der Waals surface area contributed by atoms with E-state index in [-0.39, 0.29) is 12.0 Å². The van der Waals surface area contributed by atoms with Crippen molar-refractivity contribution in [1.82, 2.24) is 20.5 Å². The highest BCUT2D eigenvalue weighted by molar-refractivity contribution is 5.94. The molecule has 2 heterocycles. The molecular formula is C22H26N4O4. The predicted octanol–water partition coefficient (Wildman–Crippen LogP) is 2.64. The molecule has 1 aliphatic heterocycles. The van der Waals surface area contributed by atoms with Gasteiger partial charge in [-0.25, -0.2) is 4.63 Å². The number of benzene rings is 2. The van der Waals surface area contributed by atoms with Gasteiger partial charge in [0.2, 0.25) is 0 Å². The monoisotopic (exact) mass is 410 g/mol. The molecule has 0 bridgehead atoms. The molecule has 0 atom stereocenters. The second kappa shape index (κ2) is 9.69. The summed E-state index contributed by atoms with van der Waals surface area (Å²) >= 11 is 0. The van der Waals surface area contributed by atoms with E-state index in [4.69, 9.17) is 14.1 Å². The normalized spacial score (nSPS) is 15.4. The highest BCUT2D eigenvalue weighted by atomic mass is 16.6. The van der Waals surface area contributed by atoms with E-state index in [9.17, 15) is 4.79 Å². The van der Waals surface area contributed by atoms with Crippen molar-refractivity contribution in [1.29, 1.82) is 0 Å². The van der Waals surface area contributed by atoms with Crippen molar-refractivity contribution >= 4 is 16.9 Å². The number of likely N-dealkylation sites (tertiary alicyclic amines) is 1. The van der Waals surface area contributed by atoms with Crippen molar-refractivity contribution in [2.75, 3.05) is 33.4 Å². The number of carbonyl (C=O) groups is 1. The zero-order valence-electron chi connectivity index (χ0n) is 17.0. The number of hydrogen-bond acceptors (Lipinski definition) is 7. The third-order valence-corrected chi connectivity index (χ3v) is 5.29. The van der Waals surface area contributed by atoms with Crippen LogP contribution in [-0.4, -0.2) is 60.6 Å². The Bertz CT molecular complexity index is 982. The third kappa shape index (κ3) is 4.95. The molecule has 2 aromatic carbocycles. The Morgan fingerprint density at radius 2 is 2.03 bits per heavy atom. The zero-order valence-corrected chi connectivity index (χ0v) is 17.0. The summed E-state index contributed by atoms with van der Waals surface area (Å²) in [6.07, 6.45) is 1.99. The number of ether oxygens (including phenoxy) is 2. The van der Waals surface area contributed by atoms with Crippen molar-refractivity contribution in [3.63, 3.8) is 0 Å². The molecule has 158 valence electrons. The molecular weight excluding hydrogens is 384 g/mol. The summed E-state index contributed by atoms with van der Waals surface area (Å²) in [6, 6.07) is 13.3. The second-order valence-corrected chi connectivity index (χ2v) is 7.42. The highest BCUT2D eigenvalue weighted by Crippen LogP contribution is 2.23. The number of nitrogens with one attached hydrogen (secondary N) is 1. The van der Waals surface area contributed by atoms with Crippen molar-refractivity contribution in [3.05, 3.63) is 53.6 Å². The van der Waals surface area contributed by atoms with Crippen LogP contribution >= 0.6 is 0 Å². The van der Waals surface area contributed by atoms with Crippen molar-refractivity contribution < 1.29 is 18.9 Å². The summed E-state index contributed by atoms with van der Waals surface area (Å²) in [5.41, 5.74) is 3.34. The molecule has 3 aromatic rings. The highest BCUT2D eigenvalue weighted by Gasteiger charge is 2.22. The SMILES string of the molecule is COCCNC(=O)c1cccc(OC2CCN(Cc3cccc4nonc34)CC2)c1. The van der Waals surface area contributed by atoms with Gasteiger partial charge in [0.1, 0.15) is 22.9 Å². The second-order valence-electron chi connectivity index (χ2n) is 7.42. The first-order chi connectivity index (χ1) is 14.7. The first-order valence-corrected chi connectivity index (χ1v) is 10.2. The van der Waals surface area contributed by atoms with E-state index < -0.39 is 0 Å². The van der Waals surface area contributed by atoms with E-state index in [0.29, 0.717) is 18.7 Å². The van der Waals surface area contributed by atoms with E-state index in [1.54, 1.807) is 19.2 Å². The average Bonchev–Trinajstić information content (AvgIpc) is 3.25. The minimum atomic E-state index is -0.121. The minimum absolute atomic E-state index is 0.121. The number of rotatable bonds is 8. The molecule has 1 amide bonds. The molecule has 0 aliphatic carbocycles. The van der Waals surface area contributed by atoms with Gasteiger partial charge in [-0.05, 0) is 53.0 Å². The van der Waals surface area contributed by atoms with Gasteiger partial charge in [-0.2, -0.15) is 0 Å². The fraction of sp³-hybridized carbons (Fsp3) is 0.409. The Kier molecular flexibility index (Phi) is 6.56. The molecule has 1 aliphatic rings. The molecule has 0 spiro atoms. The lowest BCUT2D eigenvalue weighted by molar-refractivity contribution is 0.0925. The fourth-order valence-corrected chi connectivity index (χ4v) is 3.69. The molecule has 0 radical (unpaired) electrons. The quantitative estimate of drug-likeness (QED) is 0.571. The molecule has 8 nitrogen and oxygen atoms in total. The van der Waals surface area contributed by atoms with Gasteiger partial charge in [0.05, 0.1) is 6.61 Å². The van der Waals surface area contributed by atoms with Gasteiger partial charge >= 0.3 is 0 Å². The van der Waals surface area contributed by atoms with Crippen LogP contribution in [0.2, 0.25) is 0 Å². The maximum Gasteiger partial charge on any atom is 0.251 e. The van der Waals surface area contributed by atoms with Crippen LogP contribution in [0.15, 0.2) is 47.1 Å². The summed E-state index contributed by atoms with van der Waals surface area (Å²) in [4.78, 5) is 14.6. The van der Waals surface area contributed by atoms with Crippen LogP contribution in [0.1, 0.15) is 28.8 Å². The van der Waals surface area contributed by atoms with E-state index in [1.807, 2.05) is 24.3 Å². The summed E-state index contributed by atoms with van der Waals surface area (Å²) in [5.74, 6) is 0.607. The number of piperidine rings is 1. The first-order valence-electron chi connectivity index (χ1n) is 10.2. The van der Waals surface area contributed by atoms with Gasteiger partial charge in [-0.1, -0.05) is 18.2 Å². The van der Waals surface area contributed by atoms with E-state index in [1.165, 1.54) is 0 Å². The third-order valence-electron chi connectivity index (χ3n) is 5.29. The van der Waals surface area contributed by atoms with E-state index in [0.717, 1.165) is 54.8 Å². The fourth-order valence-electron chi connectivity index (χ4n) is 3.69. The van der Waals surface area contributed by atoms with Crippen molar-refractivity contribution in [2.45, 2.75) is 25.5 Å². The van der Waals surface area contributed by atoms with Crippen molar-refractivity contribution in [2.24, 2.45) is 0 Å². The lowest BCUT2D eigenvalue weighted by atomic mass is 10.1. The number of carbonyl (C=O) groups excluding carboxylic acids is 1. The largest absolute Gasteiger partial charge is 0.490 e. The number of nitrogens with zero attached hydrogens (tertiary/aromatic N) is 3. The van der Waals surface area contributed by atoms with Gasteiger partial charge in [0.25, 0.3) is 5.91 Å². The molecule has 1 saturated heterocycles. The lowest BCUT2D eigenvalue weighted by Crippen LogP contribution is -2.37. The average molecular weight is 410 g/mol. The van der Waals surface area contributed by atoms with Crippen molar-refractivity contribution in [3.8, 4) is 5.75 Å².